The summed E-state index contributed by atoms with van der Waals surface area (Å²) in [6.07, 6.45) is 6.94. The number of carbonyl (C=O) groups is 1. The number of nitrogens with one attached hydrogen (secondary N) is 3. The van der Waals surface area contributed by atoms with Crippen LogP contribution in [0.5, 0.6) is 0 Å². The van der Waals surface area contributed by atoms with Gasteiger partial charge in [-0.15, -0.1) is 5.10 Å². The van der Waals surface area contributed by atoms with E-state index in [0.717, 1.165) is 25.7 Å². The van der Waals surface area contributed by atoms with Gasteiger partial charge in [0.15, 0.2) is 17.2 Å². The number of imidazole rings is 1. The minimum atomic E-state index is -0.272. The number of pyridine rings is 1. The molecule has 3 aromatic rings. The third kappa shape index (κ3) is 3.90. The van der Waals surface area contributed by atoms with Gasteiger partial charge in [0.25, 0.3) is 11.5 Å². The lowest BCUT2D eigenvalue weighted by Gasteiger charge is -2.35. The largest absolute Gasteiger partial charge is 0.385 e. The molecule has 11 nitrogen and oxygen atoms in total. The van der Waals surface area contributed by atoms with Crippen molar-refractivity contribution in [3.63, 3.8) is 0 Å². The third-order valence-electron chi connectivity index (χ3n) is 6.83. The van der Waals surface area contributed by atoms with Gasteiger partial charge in [0, 0.05) is 39.6 Å². The van der Waals surface area contributed by atoms with E-state index in [1.807, 2.05) is 6.07 Å². The van der Waals surface area contributed by atoms with E-state index in [1.54, 1.807) is 44.2 Å². The first-order chi connectivity index (χ1) is 16.5. The van der Waals surface area contributed by atoms with Crippen molar-refractivity contribution in [1.29, 1.82) is 0 Å². The standard InChI is InChI=1S/C23H29N7O4/c1-24-17-11-20(26-16-5-4-8-29(23(16)32)13-9-14(10-13)33-2)28-30-18(12-25-21(17)30)22(31)27-15-6-7-19(15)34-3/h4-5,8,11-15,19,24H,6-7,9-10H2,1-3H3,(H,26,28)(H,27,31)/t13?,14?,15?,19-/m1/s1. The number of fused-ring (bicyclic) bond motifs is 1. The summed E-state index contributed by atoms with van der Waals surface area (Å²) in [4.78, 5) is 30.4. The maximum Gasteiger partial charge on any atom is 0.274 e. The van der Waals surface area contributed by atoms with E-state index in [1.165, 1.54) is 10.7 Å². The Morgan fingerprint density at radius 1 is 1.18 bits per heavy atom. The molecule has 180 valence electrons. The number of ether oxygens (including phenoxy) is 2. The summed E-state index contributed by atoms with van der Waals surface area (Å²) >= 11 is 0. The lowest BCUT2D eigenvalue weighted by molar-refractivity contribution is 0.00522. The molecular weight excluding hydrogens is 438 g/mol. The zero-order chi connectivity index (χ0) is 23.8. The van der Waals surface area contributed by atoms with Crippen LogP contribution in [0.2, 0.25) is 0 Å². The van der Waals surface area contributed by atoms with Crippen LogP contribution in [0.4, 0.5) is 17.2 Å². The summed E-state index contributed by atoms with van der Waals surface area (Å²) in [5.74, 6) is 0.145. The maximum absolute atomic E-state index is 13.1. The van der Waals surface area contributed by atoms with Crippen molar-refractivity contribution < 1.29 is 14.3 Å². The highest BCUT2D eigenvalue weighted by Gasteiger charge is 2.33. The van der Waals surface area contributed by atoms with Crippen molar-refractivity contribution in [2.75, 3.05) is 31.9 Å². The van der Waals surface area contributed by atoms with Crippen LogP contribution in [0, 0.1) is 0 Å². The Bertz CT molecular complexity index is 1260. The van der Waals surface area contributed by atoms with Gasteiger partial charge in [-0.1, -0.05) is 0 Å². The highest BCUT2D eigenvalue weighted by molar-refractivity contribution is 5.94. The number of amides is 1. The smallest absolute Gasteiger partial charge is 0.274 e. The Morgan fingerprint density at radius 3 is 2.68 bits per heavy atom. The molecular formula is C23H29N7O4. The van der Waals surface area contributed by atoms with Crippen molar-refractivity contribution in [3.8, 4) is 0 Å². The Hall–Kier alpha value is -3.44. The molecule has 34 heavy (non-hydrogen) atoms. The Morgan fingerprint density at radius 2 is 2.00 bits per heavy atom. The Kier molecular flexibility index (Phi) is 5.96. The fourth-order valence-corrected chi connectivity index (χ4v) is 4.52. The molecule has 2 saturated carbocycles. The molecule has 0 bridgehead atoms. The first-order valence-corrected chi connectivity index (χ1v) is 11.4. The van der Waals surface area contributed by atoms with Gasteiger partial charge in [0.05, 0.1) is 30.1 Å². The van der Waals surface area contributed by atoms with E-state index in [-0.39, 0.29) is 35.8 Å². The van der Waals surface area contributed by atoms with Gasteiger partial charge in [-0.25, -0.2) is 9.50 Å². The molecule has 3 heterocycles. The minimum Gasteiger partial charge on any atom is -0.385 e. The predicted octanol–water partition coefficient (Wildman–Crippen LogP) is 1.93. The molecule has 3 N–H and O–H groups in total. The second-order valence-electron chi connectivity index (χ2n) is 8.75. The number of carbonyl (C=O) groups excluding carboxylic acids is 1. The SMILES string of the molecule is CNc1cc(Nc2cccn(C3CC(OC)C3)c2=O)nn2c(C(=O)NC3CC[C@H]3OC)cnc12. The van der Waals surface area contributed by atoms with Crippen LogP contribution in [0.25, 0.3) is 5.65 Å². The highest BCUT2D eigenvalue weighted by Crippen LogP contribution is 2.33. The molecule has 1 amide bonds. The monoisotopic (exact) mass is 467 g/mol. The van der Waals surface area contributed by atoms with E-state index in [9.17, 15) is 9.59 Å². The number of hydrogen-bond acceptors (Lipinski definition) is 8. The molecule has 0 aliphatic heterocycles. The average Bonchev–Trinajstić information content (AvgIpc) is 3.22. The summed E-state index contributed by atoms with van der Waals surface area (Å²) in [5, 5.41) is 13.8. The maximum atomic E-state index is 13.1. The average molecular weight is 468 g/mol. The van der Waals surface area contributed by atoms with Gasteiger partial charge < -0.3 is 30.0 Å². The molecule has 2 aliphatic rings. The van der Waals surface area contributed by atoms with Gasteiger partial charge in [0.2, 0.25) is 0 Å². The molecule has 3 aromatic heterocycles. The van der Waals surface area contributed by atoms with Crippen LogP contribution in [0.15, 0.2) is 35.4 Å². The lowest BCUT2D eigenvalue weighted by atomic mass is 9.89. The van der Waals surface area contributed by atoms with Gasteiger partial charge in [0.1, 0.15) is 5.69 Å². The van der Waals surface area contributed by atoms with Gasteiger partial charge in [-0.2, -0.15) is 0 Å². The number of aromatic nitrogens is 4. The highest BCUT2D eigenvalue weighted by atomic mass is 16.5. The summed E-state index contributed by atoms with van der Waals surface area (Å²) in [6.45, 7) is 0. The quantitative estimate of drug-likeness (QED) is 0.459. The van der Waals surface area contributed by atoms with Crippen LogP contribution >= 0.6 is 0 Å². The fourth-order valence-electron chi connectivity index (χ4n) is 4.52. The second-order valence-corrected chi connectivity index (χ2v) is 8.75. The first-order valence-electron chi connectivity index (χ1n) is 11.4. The van der Waals surface area contributed by atoms with Crippen LogP contribution in [-0.2, 0) is 9.47 Å². The molecule has 0 saturated heterocycles. The molecule has 5 rings (SSSR count). The van der Waals surface area contributed by atoms with Gasteiger partial charge >= 0.3 is 0 Å². The summed E-state index contributed by atoms with van der Waals surface area (Å²) in [7, 11) is 5.10. The fraction of sp³-hybridized carbons (Fsp3) is 0.478. The zero-order valence-electron chi connectivity index (χ0n) is 19.4. The number of methoxy groups -OCH3 is 2. The number of hydrogen-bond donors (Lipinski definition) is 3. The predicted molar refractivity (Wildman–Crippen MR) is 127 cm³/mol. The van der Waals surface area contributed by atoms with Crippen LogP contribution < -0.4 is 21.5 Å². The van der Waals surface area contributed by atoms with Crippen molar-refractivity contribution >= 4 is 28.7 Å². The van der Waals surface area contributed by atoms with Crippen molar-refractivity contribution in [2.24, 2.45) is 0 Å². The third-order valence-corrected chi connectivity index (χ3v) is 6.83. The van der Waals surface area contributed by atoms with E-state index in [4.69, 9.17) is 9.47 Å². The molecule has 0 radical (unpaired) electrons. The second kappa shape index (κ2) is 9.07. The van der Waals surface area contributed by atoms with E-state index >= 15 is 0 Å². The van der Waals surface area contributed by atoms with Crippen molar-refractivity contribution in [3.05, 3.63) is 46.6 Å². The topological polar surface area (TPSA) is 124 Å². The molecule has 2 atom stereocenters. The molecule has 2 aliphatic carbocycles. The Balaban J connectivity index is 1.43. The van der Waals surface area contributed by atoms with E-state index in [2.05, 4.69) is 26.0 Å². The minimum absolute atomic E-state index is 0.0243. The summed E-state index contributed by atoms with van der Waals surface area (Å²) in [5.41, 5.74) is 1.77. The molecule has 0 spiro atoms. The molecule has 0 aromatic carbocycles. The van der Waals surface area contributed by atoms with E-state index in [0.29, 0.717) is 28.5 Å². The van der Waals surface area contributed by atoms with Gasteiger partial charge in [-0.05, 0) is 37.8 Å². The number of nitrogens with zero attached hydrogens (tertiary/aromatic N) is 4. The van der Waals surface area contributed by atoms with Crippen LogP contribution in [0.1, 0.15) is 42.2 Å². The lowest BCUT2D eigenvalue weighted by Crippen LogP contribution is -2.51. The summed E-state index contributed by atoms with van der Waals surface area (Å²) < 4.78 is 13.9. The van der Waals surface area contributed by atoms with Crippen LogP contribution in [-0.4, -0.2) is 64.6 Å². The number of anilines is 3. The normalized spacial score (nSPS) is 23.7. The summed E-state index contributed by atoms with van der Waals surface area (Å²) in [6, 6.07) is 5.41. The molecule has 1 unspecified atom stereocenters. The van der Waals surface area contributed by atoms with E-state index < -0.39 is 0 Å². The first kappa shape index (κ1) is 22.4. The molecule has 2 fully saturated rings. The zero-order valence-corrected chi connectivity index (χ0v) is 19.4. The Labute approximate surface area is 196 Å². The number of rotatable bonds is 8. The van der Waals surface area contributed by atoms with Gasteiger partial charge in [-0.3, -0.25) is 9.59 Å². The van der Waals surface area contributed by atoms with Crippen LogP contribution in [0.3, 0.4) is 0 Å². The van der Waals surface area contributed by atoms with Crippen molar-refractivity contribution in [2.45, 2.75) is 50.0 Å². The van der Waals surface area contributed by atoms with Crippen molar-refractivity contribution in [1.82, 2.24) is 24.5 Å². The molecule has 11 heteroatoms.